The molecule has 3 aromatic carbocycles. The first-order valence-electron chi connectivity index (χ1n) is 8.80. The van der Waals surface area contributed by atoms with Gasteiger partial charge < -0.3 is 10.1 Å². The lowest BCUT2D eigenvalue weighted by molar-refractivity contribution is 0.102. The highest BCUT2D eigenvalue weighted by Crippen LogP contribution is 2.21. The fourth-order valence-corrected chi connectivity index (χ4v) is 3.63. The van der Waals surface area contributed by atoms with Crippen LogP contribution >= 0.6 is 0 Å². The highest BCUT2D eigenvalue weighted by molar-refractivity contribution is 7.92. The van der Waals surface area contributed by atoms with E-state index in [1.807, 2.05) is 6.92 Å². The van der Waals surface area contributed by atoms with Crippen LogP contribution in [0, 0.1) is 5.82 Å². The van der Waals surface area contributed by atoms with E-state index < -0.39 is 21.7 Å². The molecule has 3 rings (SSSR count). The summed E-state index contributed by atoms with van der Waals surface area (Å²) in [5, 5.41) is 2.46. The van der Waals surface area contributed by atoms with E-state index in [-0.39, 0.29) is 21.8 Å². The minimum atomic E-state index is -3.85. The Morgan fingerprint density at radius 2 is 1.72 bits per heavy atom. The summed E-state index contributed by atoms with van der Waals surface area (Å²) < 4.78 is 46.6. The van der Waals surface area contributed by atoms with Gasteiger partial charge in [0.15, 0.2) is 0 Å². The third kappa shape index (κ3) is 5.11. The number of para-hydroxylation sites is 1. The van der Waals surface area contributed by atoms with Crippen molar-refractivity contribution < 1.29 is 22.3 Å². The lowest BCUT2D eigenvalue weighted by atomic mass is 10.2. The number of hydrogen-bond acceptors (Lipinski definition) is 4. The van der Waals surface area contributed by atoms with Gasteiger partial charge in [-0.25, -0.2) is 12.8 Å². The van der Waals surface area contributed by atoms with Crippen LogP contribution in [0.5, 0.6) is 5.75 Å². The average Bonchev–Trinajstić information content (AvgIpc) is 2.70. The predicted molar refractivity (Wildman–Crippen MR) is 109 cm³/mol. The molecular formula is C21H19FN2O4S. The van der Waals surface area contributed by atoms with Crippen LogP contribution in [0.1, 0.15) is 17.3 Å². The van der Waals surface area contributed by atoms with Crippen molar-refractivity contribution >= 4 is 27.3 Å². The molecule has 0 atom stereocenters. The van der Waals surface area contributed by atoms with Crippen molar-refractivity contribution in [3.63, 3.8) is 0 Å². The number of carbonyl (C=O) groups is 1. The predicted octanol–water partition coefficient (Wildman–Crippen LogP) is 4.28. The maximum atomic E-state index is 13.7. The highest BCUT2D eigenvalue weighted by Gasteiger charge is 2.16. The number of sulfonamides is 1. The molecule has 150 valence electrons. The molecule has 0 aliphatic rings. The third-order valence-corrected chi connectivity index (χ3v) is 5.34. The van der Waals surface area contributed by atoms with E-state index in [1.165, 1.54) is 54.6 Å². The van der Waals surface area contributed by atoms with Crippen molar-refractivity contribution in [2.75, 3.05) is 16.6 Å². The van der Waals surface area contributed by atoms with Gasteiger partial charge in [0.2, 0.25) is 0 Å². The molecule has 0 unspecified atom stereocenters. The van der Waals surface area contributed by atoms with E-state index in [0.29, 0.717) is 12.4 Å². The number of nitrogens with one attached hydrogen (secondary N) is 2. The molecule has 0 bridgehead atoms. The summed E-state index contributed by atoms with van der Waals surface area (Å²) >= 11 is 0. The fraction of sp³-hybridized carbons (Fsp3) is 0.0952. The van der Waals surface area contributed by atoms with E-state index in [1.54, 1.807) is 18.2 Å². The summed E-state index contributed by atoms with van der Waals surface area (Å²) in [5.41, 5.74) is 0.429. The number of rotatable bonds is 7. The standard InChI is InChI=1S/C21H19FN2O4S/c1-2-28-17-10-12-18(13-11-17)29(26,27)24-16-7-5-6-15(14-16)21(25)23-20-9-4-3-8-19(20)22/h3-14,24H,2H2,1H3,(H,23,25). The first kappa shape index (κ1) is 20.3. The second-order valence-electron chi connectivity index (χ2n) is 6.02. The monoisotopic (exact) mass is 414 g/mol. The average molecular weight is 414 g/mol. The molecule has 0 fully saturated rings. The van der Waals surface area contributed by atoms with Crippen LogP contribution in [0.15, 0.2) is 77.7 Å². The Labute approximate surface area is 168 Å². The van der Waals surface area contributed by atoms with Crippen LogP contribution in [-0.4, -0.2) is 20.9 Å². The summed E-state index contributed by atoms with van der Waals surface area (Å²) in [6.45, 7) is 2.31. The molecule has 6 nitrogen and oxygen atoms in total. The van der Waals surface area contributed by atoms with Crippen LogP contribution in [0.3, 0.4) is 0 Å². The van der Waals surface area contributed by atoms with Gasteiger partial charge in [0, 0.05) is 11.3 Å². The Hall–Kier alpha value is -3.39. The molecule has 0 radical (unpaired) electrons. The van der Waals surface area contributed by atoms with Gasteiger partial charge in [0.25, 0.3) is 15.9 Å². The molecule has 8 heteroatoms. The Balaban J connectivity index is 1.76. The number of carbonyl (C=O) groups excluding carboxylic acids is 1. The normalized spacial score (nSPS) is 11.0. The van der Waals surface area contributed by atoms with Crippen molar-refractivity contribution in [1.29, 1.82) is 0 Å². The van der Waals surface area contributed by atoms with Crippen LogP contribution in [0.25, 0.3) is 0 Å². The van der Waals surface area contributed by atoms with Gasteiger partial charge in [0.1, 0.15) is 11.6 Å². The number of anilines is 2. The summed E-state index contributed by atoms with van der Waals surface area (Å²) in [7, 11) is -3.85. The molecular weight excluding hydrogens is 395 g/mol. The fourth-order valence-electron chi connectivity index (χ4n) is 2.58. The number of amides is 1. The Morgan fingerprint density at radius 1 is 1.00 bits per heavy atom. The quantitative estimate of drug-likeness (QED) is 0.604. The molecule has 0 saturated heterocycles. The summed E-state index contributed by atoms with van der Waals surface area (Å²) in [5.74, 6) is -0.552. The summed E-state index contributed by atoms with van der Waals surface area (Å²) in [6.07, 6.45) is 0. The van der Waals surface area contributed by atoms with Crippen LogP contribution < -0.4 is 14.8 Å². The zero-order valence-electron chi connectivity index (χ0n) is 15.6. The molecule has 0 spiro atoms. The molecule has 0 saturated carbocycles. The van der Waals surface area contributed by atoms with Gasteiger partial charge in [-0.05, 0) is 61.5 Å². The minimum Gasteiger partial charge on any atom is -0.494 e. The van der Waals surface area contributed by atoms with Crippen molar-refractivity contribution in [2.24, 2.45) is 0 Å². The first-order valence-corrected chi connectivity index (χ1v) is 10.3. The summed E-state index contributed by atoms with van der Waals surface area (Å²) in [4.78, 5) is 12.4. The van der Waals surface area contributed by atoms with E-state index in [4.69, 9.17) is 4.74 Å². The summed E-state index contributed by atoms with van der Waals surface area (Å²) in [6, 6.07) is 17.7. The van der Waals surface area contributed by atoms with Crippen LogP contribution in [0.4, 0.5) is 15.8 Å². The first-order chi connectivity index (χ1) is 13.9. The molecule has 3 aromatic rings. The molecule has 1 amide bonds. The molecule has 2 N–H and O–H groups in total. The Bertz CT molecular complexity index is 1120. The Kier molecular flexibility index (Phi) is 6.13. The lowest BCUT2D eigenvalue weighted by Crippen LogP contribution is -2.15. The largest absolute Gasteiger partial charge is 0.494 e. The van der Waals surface area contributed by atoms with Gasteiger partial charge in [-0.15, -0.1) is 0 Å². The van der Waals surface area contributed by atoms with Crippen molar-refractivity contribution in [3.05, 3.63) is 84.2 Å². The lowest BCUT2D eigenvalue weighted by Gasteiger charge is -2.11. The van der Waals surface area contributed by atoms with Crippen molar-refractivity contribution in [1.82, 2.24) is 0 Å². The van der Waals surface area contributed by atoms with Crippen LogP contribution in [0.2, 0.25) is 0 Å². The van der Waals surface area contributed by atoms with E-state index in [2.05, 4.69) is 10.0 Å². The van der Waals surface area contributed by atoms with Crippen molar-refractivity contribution in [3.8, 4) is 5.75 Å². The molecule has 0 aliphatic heterocycles. The number of halogens is 1. The smallest absolute Gasteiger partial charge is 0.261 e. The second kappa shape index (κ2) is 8.74. The minimum absolute atomic E-state index is 0.0397. The molecule has 29 heavy (non-hydrogen) atoms. The molecule has 0 aromatic heterocycles. The molecule has 0 aliphatic carbocycles. The van der Waals surface area contributed by atoms with E-state index in [0.717, 1.165) is 0 Å². The van der Waals surface area contributed by atoms with E-state index in [9.17, 15) is 17.6 Å². The zero-order chi connectivity index (χ0) is 20.9. The number of benzene rings is 3. The zero-order valence-corrected chi connectivity index (χ0v) is 16.4. The van der Waals surface area contributed by atoms with Gasteiger partial charge in [-0.2, -0.15) is 0 Å². The maximum absolute atomic E-state index is 13.7. The van der Waals surface area contributed by atoms with Crippen molar-refractivity contribution in [2.45, 2.75) is 11.8 Å². The topological polar surface area (TPSA) is 84.5 Å². The van der Waals surface area contributed by atoms with Gasteiger partial charge in [-0.3, -0.25) is 9.52 Å². The second-order valence-corrected chi connectivity index (χ2v) is 7.71. The maximum Gasteiger partial charge on any atom is 0.261 e. The number of ether oxygens (including phenoxy) is 1. The Morgan fingerprint density at radius 3 is 2.41 bits per heavy atom. The SMILES string of the molecule is CCOc1ccc(S(=O)(=O)Nc2cccc(C(=O)Nc3ccccc3F)c2)cc1. The highest BCUT2D eigenvalue weighted by atomic mass is 32.2. The third-order valence-electron chi connectivity index (χ3n) is 3.94. The molecule has 0 heterocycles. The van der Waals surface area contributed by atoms with Gasteiger partial charge >= 0.3 is 0 Å². The van der Waals surface area contributed by atoms with E-state index >= 15 is 0 Å². The van der Waals surface area contributed by atoms with Gasteiger partial charge in [0.05, 0.1) is 17.2 Å². The van der Waals surface area contributed by atoms with Crippen LogP contribution in [-0.2, 0) is 10.0 Å². The number of hydrogen-bond donors (Lipinski definition) is 2. The van der Waals surface area contributed by atoms with Gasteiger partial charge in [-0.1, -0.05) is 18.2 Å².